The van der Waals surface area contributed by atoms with Crippen molar-refractivity contribution in [2.45, 2.75) is 20.0 Å². The Hall–Kier alpha value is -2.94. The van der Waals surface area contributed by atoms with Gasteiger partial charge in [-0.25, -0.2) is 4.68 Å². The largest absolute Gasteiger partial charge is 0.480 e. The van der Waals surface area contributed by atoms with Gasteiger partial charge in [0.15, 0.2) is 5.82 Å². The highest BCUT2D eigenvalue weighted by atomic mass is 79.9. The molecule has 0 aliphatic heterocycles. The van der Waals surface area contributed by atoms with Gasteiger partial charge in [-0.05, 0) is 34.5 Å². The molecule has 3 aromatic rings. The molecular formula is C17H16BrN5O3. The van der Waals surface area contributed by atoms with Crippen LogP contribution in [0.1, 0.15) is 21.6 Å². The first-order valence-corrected chi connectivity index (χ1v) is 8.55. The lowest BCUT2D eigenvalue weighted by Crippen LogP contribution is -2.21. The van der Waals surface area contributed by atoms with Gasteiger partial charge >= 0.3 is 5.97 Å². The maximum absolute atomic E-state index is 12.4. The number of carboxylic acid groups (broad SMARTS) is 1. The molecule has 0 saturated carbocycles. The zero-order valence-corrected chi connectivity index (χ0v) is 15.5. The van der Waals surface area contributed by atoms with Gasteiger partial charge in [-0.1, -0.05) is 29.8 Å². The lowest BCUT2D eigenvalue weighted by atomic mass is 10.1. The van der Waals surface area contributed by atoms with Gasteiger partial charge in [0.05, 0.1) is 11.0 Å². The number of anilines is 1. The second-order valence-electron chi connectivity index (χ2n) is 5.73. The number of benzene rings is 1. The van der Waals surface area contributed by atoms with Crippen LogP contribution in [0.5, 0.6) is 0 Å². The van der Waals surface area contributed by atoms with Crippen LogP contribution in [0.3, 0.4) is 0 Å². The van der Waals surface area contributed by atoms with E-state index in [1.54, 1.807) is 10.9 Å². The average Bonchev–Trinajstić information content (AvgIpc) is 3.16. The summed E-state index contributed by atoms with van der Waals surface area (Å²) < 4.78 is 3.45. The third-order valence-corrected chi connectivity index (χ3v) is 4.23. The van der Waals surface area contributed by atoms with Gasteiger partial charge in [-0.15, -0.1) is 0 Å². The van der Waals surface area contributed by atoms with Gasteiger partial charge in [0, 0.05) is 12.4 Å². The number of carbonyl (C=O) groups excluding carboxylic acids is 1. The van der Waals surface area contributed by atoms with E-state index in [1.165, 1.54) is 17.8 Å². The van der Waals surface area contributed by atoms with E-state index in [4.69, 9.17) is 5.11 Å². The van der Waals surface area contributed by atoms with Crippen molar-refractivity contribution in [1.29, 1.82) is 0 Å². The molecule has 9 heteroatoms. The summed E-state index contributed by atoms with van der Waals surface area (Å²) in [6, 6.07) is 9.55. The number of rotatable bonds is 6. The van der Waals surface area contributed by atoms with Gasteiger partial charge in [0.2, 0.25) is 0 Å². The molecule has 0 aliphatic carbocycles. The topological polar surface area (TPSA) is 102 Å². The van der Waals surface area contributed by atoms with Crippen molar-refractivity contribution in [2.75, 3.05) is 5.32 Å². The van der Waals surface area contributed by atoms with E-state index in [-0.39, 0.29) is 5.69 Å². The highest BCUT2D eigenvalue weighted by molar-refractivity contribution is 9.10. The Morgan fingerprint density at radius 1 is 1.23 bits per heavy atom. The molecule has 3 rings (SSSR count). The molecule has 0 aliphatic rings. The first-order valence-electron chi connectivity index (χ1n) is 7.76. The lowest BCUT2D eigenvalue weighted by molar-refractivity contribution is -0.137. The van der Waals surface area contributed by atoms with Crippen molar-refractivity contribution in [2.24, 2.45) is 0 Å². The SMILES string of the molecule is Cc1ccc(Cn2cc(Br)c(NC(=O)c3ccnn3CC(=O)O)n2)cc1. The minimum absolute atomic E-state index is 0.146. The van der Waals surface area contributed by atoms with Crippen LogP contribution in [0.25, 0.3) is 0 Å². The number of aryl methyl sites for hydroxylation is 1. The Labute approximate surface area is 157 Å². The van der Waals surface area contributed by atoms with Crippen LogP contribution in [0.15, 0.2) is 47.2 Å². The summed E-state index contributed by atoms with van der Waals surface area (Å²) in [5.74, 6) is -1.21. The molecule has 0 atom stereocenters. The van der Waals surface area contributed by atoms with E-state index < -0.39 is 18.4 Å². The number of hydrogen-bond acceptors (Lipinski definition) is 4. The Bertz CT molecular complexity index is 946. The number of amides is 1. The number of aliphatic carboxylic acids is 1. The molecule has 0 saturated heterocycles. The summed E-state index contributed by atoms with van der Waals surface area (Å²) in [5.41, 5.74) is 2.41. The molecule has 26 heavy (non-hydrogen) atoms. The van der Waals surface area contributed by atoms with E-state index in [9.17, 15) is 9.59 Å². The molecular weight excluding hydrogens is 402 g/mol. The van der Waals surface area contributed by atoms with Crippen molar-refractivity contribution in [3.63, 3.8) is 0 Å². The molecule has 2 aromatic heterocycles. The van der Waals surface area contributed by atoms with Crippen LogP contribution in [0.4, 0.5) is 5.82 Å². The highest BCUT2D eigenvalue weighted by Crippen LogP contribution is 2.21. The smallest absolute Gasteiger partial charge is 0.325 e. The first-order chi connectivity index (χ1) is 12.4. The summed E-state index contributed by atoms with van der Waals surface area (Å²) in [6.07, 6.45) is 3.15. The van der Waals surface area contributed by atoms with Crippen molar-refractivity contribution in [3.05, 3.63) is 64.0 Å². The van der Waals surface area contributed by atoms with Crippen LogP contribution in [-0.4, -0.2) is 36.5 Å². The predicted molar refractivity (Wildman–Crippen MR) is 98.0 cm³/mol. The quantitative estimate of drug-likeness (QED) is 0.641. The summed E-state index contributed by atoms with van der Waals surface area (Å²) in [7, 11) is 0. The molecule has 0 spiro atoms. The molecule has 0 bridgehead atoms. The van der Waals surface area contributed by atoms with E-state index in [0.29, 0.717) is 16.8 Å². The van der Waals surface area contributed by atoms with E-state index in [2.05, 4.69) is 31.4 Å². The van der Waals surface area contributed by atoms with Crippen LogP contribution < -0.4 is 5.32 Å². The Kier molecular flexibility index (Phi) is 5.17. The van der Waals surface area contributed by atoms with Gasteiger partial charge in [0.25, 0.3) is 5.91 Å². The molecule has 2 heterocycles. The number of carbonyl (C=O) groups is 2. The van der Waals surface area contributed by atoms with Crippen LogP contribution in [0.2, 0.25) is 0 Å². The predicted octanol–water partition coefficient (Wildman–Crippen LogP) is 2.54. The maximum atomic E-state index is 12.4. The number of halogens is 1. The Morgan fingerprint density at radius 2 is 1.96 bits per heavy atom. The molecule has 0 unspecified atom stereocenters. The number of nitrogens with one attached hydrogen (secondary N) is 1. The number of nitrogens with zero attached hydrogens (tertiary/aromatic N) is 4. The van der Waals surface area contributed by atoms with Gasteiger partial charge in [0.1, 0.15) is 12.2 Å². The molecule has 8 nitrogen and oxygen atoms in total. The van der Waals surface area contributed by atoms with Crippen LogP contribution in [0, 0.1) is 6.92 Å². The van der Waals surface area contributed by atoms with E-state index in [1.807, 2.05) is 31.2 Å². The second kappa shape index (κ2) is 7.52. The summed E-state index contributed by atoms with van der Waals surface area (Å²) in [5, 5.41) is 19.7. The van der Waals surface area contributed by atoms with E-state index >= 15 is 0 Å². The van der Waals surface area contributed by atoms with Crippen molar-refractivity contribution >= 4 is 33.6 Å². The van der Waals surface area contributed by atoms with Crippen LogP contribution >= 0.6 is 15.9 Å². The maximum Gasteiger partial charge on any atom is 0.325 e. The zero-order valence-electron chi connectivity index (χ0n) is 13.9. The van der Waals surface area contributed by atoms with E-state index in [0.717, 1.165) is 10.2 Å². The molecule has 1 aromatic carbocycles. The molecule has 0 fully saturated rings. The monoisotopic (exact) mass is 417 g/mol. The third-order valence-electron chi connectivity index (χ3n) is 3.65. The standard InChI is InChI=1S/C17H16BrN5O3/c1-11-2-4-12(5-3-11)8-22-9-13(18)16(21-22)20-17(26)14-6-7-19-23(14)10-15(24)25/h2-7,9H,8,10H2,1H3,(H,24,25)(H,20,21,26). The number of hydrogen-bond donors (Lipinski definition) is 2. The fraction of sp³-hybridized carbons (Fsp3) is 0.176. The van der Waals surface area contributed by atoms with Crippen LogP contribution in [-0.2, 0) is 17.9 Å². The minimum Gasteiger partial charge on any atom is -0.480 e. The summed E-state index contributed by atoms with van der Waals surface area (Å²) in [6.45, 7) is 2.20. The second-order valence-corrected chi connectivity index (χ2v) is 6.59. The zero-order chi connectivity index (χ0) is 18.7. The lowest BCUT2D eigenvalue weighted by Gasteiger charge is -2.05. The van der Waals surface area contributed by atoms with Crippen molar-refractivity contribution < 1.29 is 14.7 Å². The van der Waals surface area contributed by atoms with Gasteiger partial charge in [-0.3, -0.25) is 14.3 Å². The van der Waals surface area contributed by atoms with Crippen molar-refractivity contribution in [1.82, 2.24) is 19.6 Å². The fourth-order valence-corrected chi connectivity index (χ4v) is 2.81. The molecule has 0 radical (unpaired) electrons. The highest BCUT2D eigenvalue weighted by Gasteiger charge is 2.17. The minimum atomic E-state index is -1.08. The summed E-state index contributed by atoms with van der Waals surface area (Å²) in [4.78, 5) is 23.2. The Morgan fingerprint density at radius 3 is 2.65 bits per heavy atom. The first kappa shape index (κ1) is 17.9. The average molecular weight is 418 g/mol. The summed E-state index contributed by atoms with van der Waals surface area (Å²) >= 11 is 3.38. The number of carboxylic acids is 1. The normalized spacial score (nSPS) is 10.7. The van der Waals surface area contributed by atoms with Gasteiger partial charge < -0.3 is 10.4 Å². The number of aromatic nitrogens is 4. The fourth-order valence-electron chi connectivity index (χ4n) is 2.39. The molecule has 2 N–H and O–H groups in total. The molecule has 1 amide bonds. The third kappa shape index (κ3) is 4.17. The molecule has 134 valence electrons. The van der Waals surface area contributed by atoms with Crippen molar-refractivity contribution in [3.8, 4) is 0 Å². The van der Waals surface area contributed by atoms with Gasteiger partial charge in [-0.2, -0.15) is 10.2 Å². The Balaban J connectivity index is 1.73.